The van der Waals surface area contributed by atoms with Gasteiger partial charge in [0.25, 0.3) is 0 Å². The van der Waals surface area contributed by atoms with Crippen molar-refractivity contribution in [1.82, 2.24) is 10.6 Å². The number of amides is 2. The molecule has 0 spiro atoms. The van der Waals surface area contributed by atoms with Gasteiger partial charge in [-0.3, -0.25) is 33.6 Å². The van der Waals surface area contributed by atoms with Crippen molar-refractivity contribution in [2.45, 2.75) is 185 Å². The molecule has 6 N–H and O–H groups in total. The molecule has 0 aromatic carbocycles. The summed E-state index contributed by atoms with van der Waals surface area (Å²) in [4.78, 5) is 94.1. The maximum Gasteiger partial charge on any atom is 0.341 e. The standard InChI is InChI=1S/C19H30O4.C19H30O3.C18H27NO3.C17H25NO3.C17H24O4/c1-10-11(2)14-9-13(10)17-12-7-15(18(14)17)16(8-12)19(21)23-6-5-22-4-3-20;1-4-21-5-6-22-19(20)16-8-12-7-15(16)18-14-9-13(17(12)18)10(2)11(14)3;1-7-8(2)12-6-11(7)15-10-4-13(16(12)15)14(5-10)17(20)19-9(3)18(21)22;1-7-8(2)11-5-10(7)15-9-3-12(16(11)15)13(4-9)17(21)18-6-14(19)20;1-7-8(2)11-5-10(7)15-9-3-12(16(11)15)13(4-9)17(20)21-6-14(18)19/h10-18,20H,3-9H2,1-2H3;10-18H,4-9H2,1-3H3;7-16H,4-6H2,1-3H3,(H,19,20)(H,21,22);7-13,15-16H,3-6H2,1-2H3,(H,18,21)(H,19,20);7-13,15-16H,3-6H2,1-2H3,(H,18,19). The number of carbonyl (C=O) groups is 8. The Morgan fingerprint density at radius 1 is 0.330 bits per heavy atom. The Kier molecular flexibility index (Phi) is 22.1. The minimum Gasteiger partial charge on any atom is -0.480 e. The molecule has 20 aliphatic carbocycles. The van der Waals surface area contributed by atoms with Crippen LogP contribution < -0.4 is 10.6 Å². The SMILES string of the molecule is CC(NC(=O)C1CC2CC1C1C3CC(C(C)C3C)C21)C(=O)O.CC1C(C)C2CC1C1C3CC(C(=O)NCC(=O)O)C(C3)C21.CC1C(C)C2CC1C1C3CC(C(=O)OCC(=O)O)C(C3)C21.CC1C(C)C2CC1C1C3CC(C(=O)OCCOCCO)C(C3)C21.CCOCCOC(=O)C1CC2CC1C1C3CC(C(C)C3C)C21. The van der Waals surface area contributed by atoms with Gasteiger partial charge < -0.3 is 54.7 Å². The molecule has 0 aliphatic heterocycles. The number of ether oxygens (including phenoxy) is 5. The van der Waals surface area contributed by atoms with Crippen molar-refractivity contribution in [2.24, 2.45) is 266 Å². The number of fused-ring (bicyclic) bond motifs is 45. The van der Waals surface area contributed by atoms with Crippen LogP contribution in [0, 0.1) is 266 Å². The minimum absolute atomic E-state index is 0.00650. The highest BCUT2D eigenvalue weighted by molar-refractivity contribution is 5.85. The first-order chi connectivity index (χ1) is 52.1. The number of aliphatic hydroxyl groups is 1. The summed E-state index contributed by atoms with van der Waals surface area (Å²) < 4.78 is 26.4. The van der Waals surface area contributed by atoms with Crippen molar-refractivity contribution in [2.75, 3.05) is 59.4 Å². The second-order valence-electron chi connectivity index (χ2n) is 41.2. The fourth-order valence-corrected chi connectivity index (χ4v) is 34.4. The van der Waals surface area contributed by atoms with E-state index in [1.807, 2.05) is 6.92 Å². The van der Waals surface area contributed by atoms with Gasteiger partial charge in [-0.1, -0.05) is 69.2 Å². The van der Waals surface area contributed by atoms with Gasteiger partial charge in [0.1, 0.15) is 25.8 Å². The number of esters is 3. The van der Waals surface area contributed by atoms with Crippen LogP contribution in [-0.4, -0.2) is 133 Å². The Bertz CT molecular complexity index is 3330. The Labute approximate surface area is 648 Å². The molecule has 46 atom stereocenters. The van der Waals surface area contributed by atoms with E-state index >= 15 is 0 Å². The van der Waals surface area contributed by atoms with Crippen LogP contribution >= 0.6 is 0 Å². The lowest BCUT2D eigenvalue weighted by Gasteiger charge is -2.43. The molecule has 20 rings (SSSR count). The van der Waals surface area contributed by atoms with Gasteiger partial charge in [-0.25, -0.2) is 4.79 Å². The van der Waals surface area contributed by atoms with Crippen LogP contribution in [0.5, 0.6) is 0 Å². The van der Waals surface area contributed by atoms with Gasteiger partial charge in [-0.2, -0.15) is 0 Å². The molecule has 0 saturated heterocycles. The molecule has 20 saturated carbocycles. The van der Waals surface area contributed by atoms with Gasteiger partial charge in [-0.15, -0.1) is 0 Å². The third kappa shape index (κ3) is 13.0. The number of nitrogens with one attached hydrogen (secondary N) is 2. The number of carbonyl (C=O) groups excluding carboxylic acids is 5. The van der Waals surface area contributed by atoms with E-state index in [0.717, 1.165) is 227 Å². The lowest BCUT2D eigenvalue weighted by molar-refractivity contribution is -0.160. The summed E-state index contributed by atoms with van der Waals surface area (Å²) in [5, 5.41) is 40.4. The van der Waals surface area contributed by atoms with E-state index in [9.17, 15) is 38.4 Å². The molecule has 0 aromatic heterocycles. The fraction of sp³-hybridized carbons (Fsp3) is 0.911. The monoisotopic (exact) mass is 1520 g/mol. The fourth-order valence-electron chi connectivity index (χ4n) is 34.4. The summed E-state index contributed by atoms with van der Waals surface area (Å²) in [6.45, 7) is 29.7. The van der Waals surface area contributed by atoms with Crippen LogP contribution in [-0.2, 0) is 62.0 Å². The van der Waals surface area contributed by atoms with Gasteiger partial charge >= 0.3 is 35.8 Å². The Balaban J connectivity index is 0.000000104. The van der Waals surface area contributed by atoms with Crippen LogP contribution in [0.3, 0.4) is 0 Å². The van der Waals surface area contributed by atoms with Crippen LogP contribution in [0.4, 0.5) is 0 Å². The second kappa shape index (κ2) is 30.7. The van der Waals surface area contributed by atoms with Gasteiger partial charge in [0.2, 0.25) is 11.8 Å². The molecule has 2 amide bonds. The van der Waals surface area contributed by atoms with Crippen LogP contribution in [0.25, 0.3) is 0 Å². The molecule has 0 radical (unpaired) electrons. The summed E-state index contributed by atoms with van der Waals surface area (Å²) in [5.41, 5.74) is 0. The molecule has 20 bridgehead atoms. The molecule has 46 unspecified atom stereocenters. The number of aliphatic hydroxyl groups excluding tert-OH is 1. The largest absolute Gasteiger partial charge is 0.480 e. The molecule has 20 fully saturated rings. The van der Waals surface area contributed by atoms with Crippen LogP contribution in [0.1, 0.15) is 179 Å². The molecule has 19 heteroatoms. The highest BCUT2D eigenvalue weighted by atomic mass is 16.6. The predicted molar refractivity (Wildman–Crippen MR) is 404 cm³/mol. The van der Waals surface area contributed by atoms with E-state index in [2.05, 4.69) is 79.9 Å². The third-order valence-electron chi connectivity index (χ3n) is 38.7. The lowest BCUT2D eigenvalue weighted by atomic mass is 9.62. The zero-order valence-electron chi connectivity index (χ0n) is 67.6. The average molecular weight is 1520 g/mol. The van der Waals surface area contributed by atoms with Crippen molar-refractivity contribution in [3.8, 4) is 0 Å². The maximum atomic E-state index is 12.5. The molecule has 19 nitrogen and oxygen atoms in total. The number of carboxylic acid groups (broad SMARTS) is 3. The first-order valence-corrected chi connectivity index (χ1v) is 44.6. The first-order valence-electron chi connectivity index (χ1n) is 44.6. The molecular formula is C90H136N2O17. The average Bonchev–Trinajstić information content (AvgIpc) is 1.57. The summed E-state index contributed by atoms with van der Waals surface area (Å²) in [7, 11) is 0. The second-order valence-corrected chi connectivity index (χ2v) is 41.2. The summed E-state index contributed by atoms with van der Waals surface area (Å²) in [6.07, 6.45) is 18.2. The third-order valence-corrected chi connectivity index (χ3v) is 38.7. The topological polar surface area (TPSA) is 288 Å². The zero-order valence-corrected chi connectivity index (χ0v) is 67.6. The van der Waals surface area contributed by atoms with Crippen LogP contribution in [0.2, 0.25) is 0 Å². The van der Waals surface area contributed by atoms with Crippen LogP contribution in [0.15, 0.2) is 0 Å². The quantitative estimate of drug-likeness (QED) is 0.0286. The predicted octanol–water partition coefficient (Wildman–Crippen LogP) is 12.5. The number of carboxylic acids is 3. The van der Waals surface area contributed by atoms with E-state index in [0.29, 0.717) is 81.1 Å². The van der Waals surface area contributed by atoms with Gasteiger partial charge in [0.05, 0.1) is 44.2 Å². The smallest absolute Gasteiger partial charge is 0.341 e. The molecular weight excluding hydrogens is 1380 g/mol. The van der Waals surface area contributed by atoms with Crippen molar-refractivity contribution in [3.05, 3.63) is 0 Å². The highest BCUT2D eigenvalue weighted by Gasteiger charge is 2.72. The van der Waals surface area contributed by atoms with Crippen molar-refractivity contribution in [3.63, 3.8) is 0 Å². The molecule has 0 aromatic rings. The summed E-state index contributed by atoms with van der Waals surface area (Å²) in [5.74, 6) is 29.1. The lowest BCUT2D eigenvalue weighted by Crippen LogP contribution is -2.46. The van der Waals surface area contributed by atoms with E-state index < -0.39 is 30.6 Å². The molecule has 0 heterocycles. The van der Waals surface area contributed by atoms with E-state index in [1.165, 1.54) is 64.2 Å². The maximum absolute atomic E-state index is 12.5. The number of hydrogen-bond donors (Lipinski definition) is 6. The molecule has 20 aliphatic rings. The Hall–Kier alpha value is -4.36. The molecule has 608 valence electrons. The normalized spacial score (nSPS) is 51.8. The van der Waals surface area contributed by atoms with Gasteiger partial charge in [0.15, 0.2) is 6.61 Å². The molecule has 109 heavy (non-hydrogen) atoms. The van der Waals surface area contributed by atoms with Crippen molar-refractivity contribution >= 4 is 47.6 Å². The summed E-state index contributed by atoms with van der Waals surface area (Å²) in [6, 6.07) is -0.776. The number of rotatable bonds is 20. The number of aliphatic carboxylic acids is 3. The van der Waals surface area contributed by atoms with Crippen molar-refractivity contribution < 1.29 is 82.5 Å². The zero-order chi connectivity index (χ0) is 77.1. The minimum atomic E-state index is -1.06. The van der Waals surface area contributed by atoms with Gasteiger partial charge in [-0.05, 0) is 347 Å². The first kappa shape index (κ1) is 78.5. The van der Waals surface area contributed by atoms with E-state index in [1.54, 1.807) is 6.92 Å². The van der Waals surface area contributed by atoms with E-state index in [4.69, 9.17) is 44.1 Å². The highest BCUT2D eigenvalue weighted by Crippen LogP contribution is 2.77. The van der Waals surface area contributed by atoms with Crippen molar-refractivity contribution in [1.29, 1.82) is 0 Å². The summed E-state index contributed by atoms with van der Waals surface area (Å²) >= 11 is 0. The van der Waals surface area contributed by atoms with E-state index in [-0.39, 0.29) is 72.5 Å². The van der Waals surface area contributed by atoms with Gasteiger partial charge in [0, 0.05) is 18.4 Å². The Morgan fingerprint density at radius 3 is 0.908 bits per heavy atom. The number of hydrogen-bond acceptors (Lipinski definition) is 14. The Morgan fingerprint density at radius 2 is 0.615 bits per heavy atom.